The van der Waals surface area contributed by atoms with Gasteiger partial charge in [0, 0.05) is 16.1 Å². The summed E-state index contributed by atoms with van der Waals surface area (Å²) in [5, 5.41) is 4.67. The van der Waals surface area contributed by atoms with Crippen molar-refractivity contribution in [1.82, 2.24) is 4.98 Å². The Labute approximate surface area is 122 Å². The highest BCUT2D eigenvalue weighted by Crippen LogP contribution is 2.40. The minimum atomic E-state index is -1.70. The number of pyridine rings is 1. The van der Waals surface area contributed by atoms with E-state index >= 15 is 0 Å². The number of carbonyl (C=O) groups excluding carboxylic acids is 1. The van der Waals surface area contributed by atoms with Crippen molar-refractivity contribution in [3.63, 3.8) is 0 Å². The third-order valence-electron chi connectivity index (χ3n) is 3.09. The van der Waals surface area contributed by atoms with E-state index in [-0.39, 0.29) is 12.8 Å². The summed E-state index contributed by atoms with van der Waals surface area (Å²) in [6.45, 7) is 0. The van der Waals surface area contributed by atoms with Gasteiger partial charge in [-0.2, -0.15) is 0 Å². The molecule has 1 aliphatic carbocycles. The second-order valence-corrected chi connectivity index (χ2v) is 5.92. The minimum absolute atomic E-state index is 0.282. The summed E-state index contributed by atoms with van der Waals surface area (Å²) in [5.41, 5.74) is -1.70. The number of alkyl halides is 1. The van der Waals surface area contributed by atoms with Gasteiger partial charge in [0.2, 0.25) is 0 Å². The Morgan fingerprint density at radius 3 is 2.84 bits per heavy atom. The number of anilines is 1. The number of fused-ring (bicyclic) bond motifs is 1. The summed E-state index contributed by atoms with van der Waals surface area (Å²) in [6.07, 6.45) is 2.13. The van der Waals surface area contributed by atoms with Crippen LogP contribution in [0.3, 0.4) is 0 Å². The number of hydrogen-bond donors (Lipinski definition) is 1. The maximum Gasteiger partial charge on any atom is 0.263 e. The van der Waals surface area contributed by atoms with Gasteiger partial charge < -0.3 is 5.32 Å². The lowest BCUT2D eigenvalue weighted by Crippen LogP contribution is -2.25. The lowest BCUT2D eigenvalue weighted by molar-refractivity contribution is -0.122. The highest BCUT2D eigenvalue weighted by Gasteiger charge is 2.50. The molecule has 1 aliphatic rings. The second kappa shape index (κ2) is 4.42. The maximum atomic E-state index is 13.6. The number of nitrogens with one attached hydrogen (secondary N) is 1. The maximum absolute atomic E-state index is 13.6. The molecule has 1 fully saturated rings. The first-order chi connectivity index (χ1) is 8.98. The molecule has 0 radical (unpaired) electrons. The van der Waals surface area contributed by atoms with Gasteiger partial charge in [0.25, 0.3) is 5.91 Å². The Balaban J connectivity index is 1.95. The van der Waals surface area contributed by atoms with Crippen molar-refractivity contribution in [3.05, 3.63) is 33.9 Å². The van der Waals surface area contributed by atoms with Crippen LogP contribution in [-0.4, -0.2) is 16.6 Å². The molecule has 0 atom stereocenters. The molecule has 1 amide bonds. The molecule has 1 heterocycles. The zero-order valence-corrected chi connectivity index (χ0v) is 12.1. The molecule has 1 saturated carbocycles. The Morgan fingerprint density at radius 2 is 2.16 bits per heavy atom. The summed E-state index contributed by atoms with van der Waals surface area (Å²) in [5.74, 6) is -0.295. The second-order valence-electron chi connectivity index (χ2n) is 4.60. The van der Waals surface area contributed by atoms with E-state index in [2.05, 4.69) is 26.2 Å². The average Bonchev–Trinajstić information content (AvgIpc) is 3.08. The lowest BCUT2D eigenvalue weighted by atomic mass is 10.2. The van der Waals surface area contributed by atoms with Gasteiger partial charge in [0.15, 0.2) is 5.67 Å². The number of rotatable bonds is 2. The van der Waals surface area contributed by atoms with Crippen LogP contribution in [0, 0.1) is 0 Å². The topological polar surface area (TPSA) is 42.0 Å². The van der Waals surface area contributed by atoms with Gasteiger partial charge >= 0.3 is 0 Å². The van der Waals surface area contributed by atoms with Gasteiger partial charge in [0.1, 0.15) is 5.82 Å². The van der Waals surface area contributed by atoms with Crippen molar-refractivity contribution >= 4 is 50.0 Å². The summed E-state index contributed by atoms with van der Waals surface area (Å²) in [6, 6.07) is 5.31. The first kappa shape index (κ1) is 12.8. The van der Waals surface area contributed by atoms with Gasteiger partial charge in [-0.05, 0) is 36.4 Å². The molecule has 0 spiro atoms. The number of amides is 1. The van der Waals surface area contributed by atoms with Crippen LogP contribution >= 0.6 is 27.5 Å². The predicted molar refractivity (Wildman–Crippen MR) is 76.2 cm³/mol. The van der Waals surface area contributed by atoms with E-state index < -0.39 is 11.6 Å². The number of hydrogen-bond acceptors (Lipinski definition) is 2. The molecule has 1 aromatic heterocycles. The van der Waals surface area contributed by atoms with Crippen LogP contribution in [-0.2, 0) is 4.79 Å². The quantitative estimate of drug-likeness (QED) is 0.892. The van der Waals surface area contributed by atoms with E-state index in [1.165, 1.54) is 0 Å². The summed E-state index contributed by atoms with van der Waals surface area (Å²) in [7, 11) is 0. The smallest absolute Gasteiger partial charge is 0.263 e. The molecule has 0 saturated heterocycles. The highest BCUT2D eigenvalue weighted by atomic mass is 79.9. The van der Waals surface area contributed by atoms with Crippen molar-refractivity contribution < 1.29 is 9.18 Å². The van der Waals surface area contributed by atoms with Crippen molar-refractivity contribution in [3.8, 4) is 0 Å². The Hall–Kier alpha value is -1.20. The summed E-state index contributed by atoms with van der Waals surface area (Å²) < 4.78 is 14.4. The minimum Gasteiger partial charge on any atom is -0.308 e. The van der Waals surface area contributed by atoms with E-state index in [1.54, 1.807) is 18.3 Å². The molecule has 1 aromatic carbocycles. The molecule has 0 unspecified atom stereocenters. The lowest BCUT2D eigenvalue weighted by Gasteiger charge is -2.08. The Morgan fingerprint density at radius 1 is 1.42 bits per heavy atom. The normalized spacial score (nSPS) is 16.4. The van der Waals surface area contributed by atoms with Crippen molar-refractivity contribution in [2.45, 2.75) is 18.5 Å². The molecule has 98 valence electrons. The average molecular weight is 344 g/mol. The third-order valence-corrected chi connectivity index (χ3v) is 3.86. The van der Waals surface area contributed by atoms with E-state index in [0.717, 1.165) is 15.2 Å². The van der Waals surface area contributed by atoms with Crippen molar-refractivity contribution in [1.29, 1.82) is 0 Å². The molecule has 6 heteroatoms. The summed E-state index contributed by atoms with van der Waals surface area (Å²) >= 11 is 9.43. The predicted octanol–water partition coefficient (Wildman–Crippen LogP) is 4.09. The van der Waals surface area contributed by atoms with Crippen LogP contribution in [0.2, 0.25) is 5.02 Å². The fourth-order valence-electron chi connectivity index (χ4n) is 1.81. The van der Waals surface area contributed by atoms with E-state index in [0.29, 0.717) is 10.8 Å². The standard InChI is InChI=1S/C13H9BrClFN2O/c14-8-3-7-4-11(17-6-9(7)10(15)5-8)18-12(19)13(16)1-2-13/h3-6H,1-2H2,(H,17,18,19). The largest absolute Gasteiger partial charge is 0.308 e. The molecule has 0 bridgehead atoms. The number of carbonyl (C=O) groups is 1. The summed E-state index contributed by atoms with van der Waals surface area (Å²) in [4.78, 5) is 15.7. The van der Waals surface area contributed by atoms with Crippen molar-refractivity contribution in [2.24, 2.45) is 0 Å². The first-order valence-electron chi connectivity index (χ1n) is 5.73. The first-order valence-corrected chi connectivity index (χ1v) is 6.90. The van der Waals surface area contributed by atoms with Gasteiger partial charge in [-0.3, -0.25) is 4.79 Å². The molecule has 19 heavy (non-hydrogen) atoms. The van der Waals surface area contributed by atoms with Gasteiger partial charge in [-0.1, -0.05) is 27.5 Å². The third kappa shape index (κ3) is 2.44. The van der Waals surface area contributed by atoms with E-state index in [4.69, 9.17) is 11.6 Å². The fraction of sp³-hybridized carbons (Fsp3) is 0.231. The van der Waals surface area contributed by atoms with Crippen LogP contribution in [0.1, 0.15) is 12.8 Å². The molecule has 3 nitrogen and oxygen atoms in total. The number of nitrogens with zero attached hydrogens (tertiary/aromatic N) is 1. The fourth-order valence-corrected chi connectivity index (χ4v) is 2.70. The van der Waals surface area contributed by atoms with Crippen LogP contribution in [0.25, 0.3) is 10.8 Å². The Bertz CT molecular complexity index is 688. The number of aromatic nitrogens is 1. The molecular weight excluding hydrogens is 335 g/mol. The number of halogens is 3. The van der Waals surface area contributed by atoms with Crippen LogP contribution < -0.4 is 5.32 Å². The SMILES string of the molecule is O=C(Nc1cc2cc(Br)cc(Cl)c2cn1)C1(F)CC1. The number of benzene rings is 1. The van der Waals surface area contributed by atoms with E-state index in [9.17, 15) is 9.18 Å². The molecule has 2 aromatic rings. The van der Waals surface area contributed by atoms with E-state index in [1.807, 2.05) is 6.07 Å². The molecule has 1 N–H and O–H groups in total. The van der Waals surface area contributed by atoms with Crippen LogP contribution in [0.15, 0.2) is 28.9 Å². The molecule has 3 rings (SSSR count). The zero-order chi connectivity index (χ0) is 13.6. The molecule has 0 aliphatic heterocycles. The Kier molecular flexibility index (Phi) is 2.98. The monoisotopic (exact) mass is 342 g/mol. The highest BCUT2D eigenvalue weighted by molar-refractivity contribution is 9.10. The molecular formula is C13H9BrClFN2O. The van der Waals surface area contributed by atoms with Crippen LogP contribution in [0.4, 0.5) is 10.2 Å². The van der Waals surface area contributed by atoms with Crippen LogP contribution in [0.5, 0.6) is 0 Å². The van der Waals surface area contributed by atoms with Gasteiger partial charge in [0.05, 0.1) is 5.02 Å². The van der Waals surface area contributed by atoms with Crippen molar-refractivity contribution in [2.75, 3.05) is 5.32 Å². The zero-order valence-electron chi connectivity index (χ0n) is 9.71. The van der Waals surface area contributed by atoms with Gasteiger partial charge in [-0.15, -0.1) is 0 Å². The van der Waals surface area contributed by atoms with Gasteiger partial charge in [-0.25, -0.2) is 9.37 Å².